The van der Waals surface area contributed by atoms with Crippen LogP contribution in [-0.2, 0) is 16.1 Å². The Kier molecular flexibility index (Phi) is 6.62. The molecule has 3 rings (SSSR count). The molecule has 26 heavy (non-hydrogen) atoms. The Morgan fingerprint density at radius 1 is 1.04 bits per heavy atom. The zero-order valence-corrected chi connectivity index (χ0v) is 15.9. The van der Waals surface area contributed by atoms with Gasteiger partial charge in [0, 0.05) is 32.7 Å². The number of amides is 1. The van der Waals surface area contributed by atoms with Crippen molar-refractivity contribution in [3.63, 3.8) is 0 Å². The Morgan fingerprint density at radius 3 is 2.35 bits per heavy atom. The van der Waals surface area contributed by atoms with Gasteiger partial charge < -0.3 is 9.64 Å². The van der Waals surface area contributed by atoms with Crippen LogP contribution < -0.4 is 0 Å². The van der Waals surface area contributed by atoms with Crippen molar-refractivity contribution in [2.45, 2.75) is 39.0 Å². The van der Waals surface area contributed by atoms with Crippen molar-refractivity contribution in [3.8, 4) is 0 Å². The number of ether oxygens (including phenoxy) is 1. The number of nitrogens with zero attached hydrogens (tertiary/aromatic N) is 3. The summed E-state index contributed by atoms with van der Waals surface area (Å²) in [5, 5.41) is 0. The smallest absolute Gasteiger partial charge is 0.236 e. The van der Waals surface area contributed by atoms with Crippen LogP contribution >= 0.6 is 0 Å². The summed E-state index contributed by atoms with van der Waals surface area (Å²) in [4.78, 5) is 19.2. The highest BCUT2D eigenvalue weighted by Gasteiger charge is 2.27. The average molecular weight is 363 g/mol. The molecule has 0 bridgehead atoms. The topological polar surface area (TPSA) is 36.0 Å². The summed E-state index contributed by atoms with van der Waals surface area (Å²) >= 11 is 0. The van der Waals surface area contributed by atoms with Crippen molar-refractivity contribution in [1.82, 2.24) is 14.7 Å². The minimum atomic E-state index is -0.193. The van der Waals surface area contributed by atoms with E-state index in [1.165, 1.54) is 12.1 Å². The number of hydrogen-bond donors (Lipinski definition) is 0. The van der Waals surface area contributed by atoms with E-state index in [2.05, 4.69) is 9.80 Å². The first-order chi connectivity index (χ1) is 12.5. The summed E-state index contributed by atoms with van der Waals surface area (Å²) in [6, 6.07) is 6.73. The predicted molar refractivity (Wildman–Crippen MR) is 99.3 cm³/mol. The Bertz CT molecular complexity index is 585. The molecule has 0 aliphatic carbocycles. The van der Waals surface area contributed by atoms with Crippen LogP contribution in [0.5, 0.6) is 0 Å². The fraction of sp³-hybridized carbons (Fsp3) is 0.650. The van der Waals surface area contributed by atoms with Crippen LogP contribution in [0.15, 0.2) is 24.3 Å². The lowest BCUT2D eigenvalue weighted by molar-refractivity contribution is -0.144. The highest BCUT2D eigenvalue weighted by atomic mass is 19.1. The van der Waals surface area contributed by atoms with Gasteiger partial charge in [0.15, 0.2) is 0 Å². The Balaban J connectivity index is 1.47. The molecule has 0 saturated carbocycles. The van der Waals surface area contributed by atoms with Crippen LogP contribution in [0.25, 0.3) is 0 Å². The predicted octanol–water partition coefficient (Wildman–Crippen LogP) is 1.97. The second-order valence-corrected chi connectivity index (χ2v) is 7.59. The molecule has 0 N–H and O–H groups in total. The summed E-state index contributed by atoms with van der Waals surface area (Å²) in [6.07, 6.45) is 1.26. The zero-order valence-electron chi connectivity index (χ0n) is 15.9. The SMILES string of the molecule is CC1CN(C(=O)CN2CCCN(Cc3ccc(F)cc3)CC2)CC(C)O1. The lowest BCUT2D eigenvalue weighted by Crippen LogP contribution is -2.51. The number of morpholine rings is 1. The third-order valence-corrected chi connectivity index (χ3v) is 5.13. The monoisotopic (exact) mass is 363 g/mol. The Hall–Kier alpha value is -1.50. The first-order valence-corrected chi connectivity index (χ1v) is 9.62. The van der Waals surface area contributed by atoms with E-state index >= 15 is 0 Å². The van der Waals surface area contributed by atoms with E-state index in [-0.39, 0.29) is 23.9 Å². The Labute approximate surface area is 155 Å². The molecule has 2 heterocycles. The first kappa shape index (κ1) is 19.3. The first-order valence-electron chi connectivity index (χ1n) is 9.62. The van der Waals surface area contributed by atoms with Crippen molar-refractivity contribution in [1.29, 1.82) is 0 Å². The van der Waals surface area contributed by atoms with Crippen LogP contribution in [0, 0.1) is 5.82 Å². The molecule has 1 aromatic rings. The maximum absolute atomic E-state index is 13.0. The molecular formula is C20H30FN3O2. The molecule has 0 radical (unpaired) electrons. The maximum atomic E-state index is 13.0. The van der Waals surface area contributed by atoms with Crippen LogP contribution in [-0.4, -0.2) is 78.6 Å². The van der Waals surface area contributed by atoms with Gasteiger partial charge in [-0.2, -0.15) is 0 Å². The fourth-order valence-corrected chi connectivity index (χ4v) is 3.86. The zero-order chi connectivity index (χ0) is 18.5. The summed E-state index contributed by atoms with van der Waals surface area (Å²) < 4.78 is 18.8. The van der Waals surface area contributed by atoms with Crippen LogP contribution in [0.4, 0.5) is 4.39 Å². The minimum absolute atomic E-state index is 0.109. The third kappa shape index (κ3) is 5.50. The largest absolute Gasteiger partial charge is 0.372 e. The standard InChI is InChI=1S/C20H30FN3O2/c1-16-12-24(13-17(2)26-16)20(25)15-23-9-3-8-22(10-11-23)14-18-4-6-19(21)7-5-18/h4-7,16-17H,3,8-15H2,1-2H3. The summed E-state index contributed by atoms with van der Waals surface area (Å²) in [7, 11) is 0. The molecule has 5 nitrogen and oxygen atoms in total. The maximum Gasteiger partial charge on any atom is 0.236 e. The van der Waals surface area contributed by atoms with Gasteiger partial charge >= 0.3 is 0 Å². The van der Waals surface area contributed by atoms with Gasteiger partial charge in [-0.1, -0.05) is 12.1 Å². The number of carbonyl (C=O) groups excluding carboxylic acids is 1. The normalized spacial score (nSPS) is 25.9. The van der Waals surface area contributed by atoms with Gasteiger partial charge in [-0.25, -0.2) is 4.39 Å². The molecule has 6 heteroatoms. The molecule has 2 unspecified atom stereocenters. The average Bonchev–Trinajstić information content (AvgIpc) is 2.81. The van der Waals surface area contributed by atoms with Crippen molar-refractivity contribution >= 4 is 5.91 Å². The van der Waals surface area contributed by atoms with Gasteiger partial charge in [0.1, 0.15) is 5.82 Å². The van der Waals surface area contributed by atoms with Gasteiger partial charge in [0.05, 0.1) is 18.8 Å². The van der Waals surface area contributed by atoms with E-state index in [0.29, 0.717) is 19.6 Å². The minimum Gasteiger partial charge on any atom is -0.372 e. The van der Waals surface area contributed by atoms with Crippen molar-refractivity contribution in [2.24, 2.45) is 0 Å². The van der Waals surface area contributed by atoms with Crippen LogP contribution in [0.2, 0.25) is 0 Å². The molecular weight excluding hydrogens is 333 g/mol. The molecule has 1 aromatic carbocycles. The molecule has 0 aromatic heterocycles. The van der Waals surface area contributed by atoms with E-state index in [1.54, 1.807) is 0 Å². The van der Waals surface area contributed by atoms with Gasteiger partial charge in [-0.05, 0) is 51.1 Å². The van der Waals surface area contributed by atoms with Crippen molar-refractivity contribution in [2.75, 3.05) is 45.8 Å². The molecule has 2 aliphatic rings. The number of halogens is 1. The van der Waals surface area contributed by atoms with E-state index in [4.69, 9.17) is 4.74 Å². The lowest BCUT2D eigenvalue weighted by Gasteiger charge is -2.36. The van der Waals surface area contributed by atoms with Crippen molar-refractivity contribution < 1.29 is 13.9 Å². The molecule has 2 fully saturated rings. The molecule has 2 aliphatic heterocycles. The second-order valence-electron chi connectivity index (χ2n) is 7.59. The highest BCUT2D eigenvalue weighted by Crippen LogP contribution is 2.13. The molecule has 2 saturated heterocycles. The second kappa shape index (κ2) is 8.93. The summed E-state index contributed by atoms with van der Waals surface area (Å²) in [6.45, 7) is 10.5. The van der Waals surface area contributed by atoms with Gasteiger partial charge in [-0.3, -0.25) is 14.6 Å². The lowest BCUT2D eigenvalue weighted by atomic mass is 10.2. The molecule has 0 spiro atoms. The molecule has 144 valence electrons. The van der Waals surface area contributed by atoms with Crippen LogP contribution in [0.3, 0.4) is 0 Å². The molecule has 2 atom stereocenters. The fourth-order valence-electron chi connectivity index (χ4n) is 3.86. The van der Waals surface area contributed by atoms with E-state index in [9.17, 15) is 9.18 Å². The number of benzene rings is 1. The van der Waals surface area contributed by atoms with E-state index in [0.717, 1.165) is 44.7 Å². The number of carbonyl (C=O) groups is 1. The summed E-state index contributed by atoms with van der Waals surface area (Å²) in [5.41, 5.74) is 1.13. The van der Waals surface area contributed by atoms with Crippen LogP contribution in [0.1, 0.15) is 25.8 Å². The van der Waals surface area contributed by atoms with Crippen molar-refractivity contribution in [3.05, 3.63) is 35.6 Å². The van der Waals surface area contributed by atoms with Gasteiger partial charge in [-0.15, -0.1) is 0 Å². The third-order valence-electron chi connectivity index (χ3n) is 5.13. The quantitative estimate of drug-likeness (QED) is 0.820. The van der Waals surface area contributed by atoms with E-state index in [1.807, 2.05) is 30.9 Å². The molecule has 1 amide bonds. The highest BCUT2D eigenvalue weighted by molar-refractivity contribution is 5.78. The summed E-state index contributed by atoms with van der Waals surface area (Å²) in [5.74, 6) is 0.0139. The number of rotatable bonds is 4. The van der Waals surface area contributed by atoms with Gasteiger partial charge in [0.2, 0.25) is 5.91 Å². The number of hydrogen-bond acceptors (Lipinski definition) is 4. The van der Waals surface area contributed by atoms with E-state index < -0.39 is 0 Å². The Morgan fingerprint density at radius 2 is 1.65 bits per heavy atom. The van der Waals surface area contributed by atoms with Gasteiger partial charge in [0.25, 0.3) is 0 Å².